The molecule has 2 aliphatic rings. The van der Waals surface area contributed by atoms with Crippen LogP contribution in [0.1, 0.15) is 52.7 Å². The summed E-state index contributed by atoms with van der Waals surface area (Å²) in [7, 11) is 0. The third kappa shape index (κ3) is 4.56. The molecule has 8 aromatic rings. The Bertz CT molecular complexity index is 2630. The van der Waals surface area contributed by atoms with E-state index in [9.17, 15) is 0 Å². The third-order valence-electron chi connectivity index (χ3n) is 11.0. The number of ether oxygens (including phenoxy) is 1. The summed E-state index contributed by atoms with van der Waals surface area (Å²) in [6.07, 6.45) is 4.67. The largest absolute Gasteiger partial charge is 0.442 e. The van der Waals surface area contributed by atoms with Gasteiger partial charge in [0.25, 0.3) is 0 Å². The lowest BCUT2D eigenvalue weighted by Gasteiger charge is -2.39. The Morgan fingerprint density at radius 3 is 1.77 bits per heavy atom. The molecule has 0 atom stereocenters. The Labute approximate surface area is 305 Å². The monoisotopic (exact) mass is 676 g/mol. The first-order chi connectivity index (χ1) is 25.0. The van der Waals surface area contributed by atoms with Gasteiger partial charge in [0.2, 0.25) is 0 Å². The average Bonchev–Trinajstić information content (AvgIpc) is 3.86. The lowest BCUT2D eigenvalue weighted by atomic mass is 9.63. The van der Waals surface area contributed by atoms with Gasteiger partial charge in [-0.15, -0.1) is 0 Å². The number of hydrogen-bond donors (Lipinski definition) is 0. The van der Waals surface area contributed by atoms with Crippen LogP contribution in [0.15, 0.2) is 140 Å². The number of fused-ring (bicyclic) bond motifs is 7. The highest BCUT2D eigenvalue weighted by Gasteiger charge is 2.44. The molecular formula is C46H41BN4O. The molecule has 0 spiro atoms. The average molecular weight is 677 g/mol. The minimum absolute atomic E-state index is 0.0336. The van der Waals surface area contributed by atoms with E-state index >= 15 is 0 Å². The van der Waals surface area contributed by atoms with Crippen LogP contribution in [0.5, 0.6) is 11.6 Å². The Hall–Kier alpha value is -5.88. The Morgan fingerprint density at radius 1 is 0.538 bits per heavy atom. The molecule has 0 bridgehead atoms. The molecule has 0 saturated carbocycles. The van der Waals surface area contributed by atoms with E-state index < -0.39 is 0 Å². The fraction of sp³-hybridized carbons (Fsp3) is 0.174. The van der Waals surface area contributed by atoms with Gasteiger partial charge in [0, 0.05) is 34.1 Å². The van der Waals surface area contributed by atoms with Gasteiger partial charge < -0.3 is 18.3 Å². The smallest absolute Gasteiger partial charge is 0.429 e. The van der Waals surface area contributed by atoms with E-state index in [0.717, 1.165) is 40.0 Å². The van der Waals surface area contributed by atoms with Crippen LogP contribution in [0.25, 0.3) is 38.6 Å². The van der Waals surface area contributed by atoms with Crippen molar-refractivity contribution in [2.45, 2.75) is 52.4 Å². The molecule has 0 fully saturated rings. The number of rotatable bonds is 3. The summed E-state index contributed by atoms with van der Waals surface area (Å²) in [4.78, 5) is 2.44. The van der Waals surface area contributed by atoms with Crippen molar-refractivity contribution in [3.63, 3.8) is 0 Å². The molecule has 5 aromatic carbocycles. The second-order valence-corrected chi connectivity index (χ2v) is 16.4. The van der Waals surface area contributed by atoms with Gasteiger partial charge in [0.15, 0.2) is 5.88 Å². The molecule has 52 heavy (non-hydrogen) atoms. The lowest BCUT2D eigenvalue weighted by Crippen LogP contribution is -2.53. The van der Waals surface area contributed by atoms with Crippen molar-refractivity contribution < 1.29 is 4.74 Å². The molecule has 6 heteroatoms. The molecule has 0 N–H and O–H groups in total. The van der Waals surface area contributed by atoms with Crippen molar-refractivity contribution in [1.29, 1.82) is 0 Å². The molecule has 0 amide bonds. The van der Waals surface area contributed by atoms with Gasteiger partial charge in [0.05, 0.1) is 22.4 Å². The van der Waals surface area contributed by atoms with Gasteiger partial charge >= 0.3 is 6.98 Å². The van der Waals surface area contributed by atoms with Crippen molar-refractivity contribution in [2.75, 3.05) is 4.90 Å². The lowest BCUT2D eigenvalue weighted by molar-refractivity contribution is 0.453. The van der Waals surface area contributed by atoms with Crippen LogP contribution in [0.3, 0.4) is 0 Å². The summed E-state index contributed by atoms with van der Waals surface area (Å²) >= 11 is 0. The van der Waals surface area contributed by atoms with Gasteiger partial charge in [-0.05, 0) is 81.9 Å². The molecule has 2 aliphatic heterocycles. The van der Waals surface area contributed by atoms with Gasteiger partial charge in [0.1, 0.15) is 11.6 Å². The highest BCUT2D eigenvalue weighted by Crippen LogP contribution is 2.47. The van der Waals surface area contributed by atoms with Crippen LogP contribution in [0, 0.1) is 0 Å². The van der Waals surface area contributed by atoms with Crippen LogP contribution < -0.4 is 15.1 Å². The minimum Gasteiger partial charge on any atom is -0.442 e. The van der Waals surface area contributed by atoms with Crippen molar-refractivity contribution in [3.8, 4) is 28.4 Å². The molecule has 0 aliphatic carbocycles. The zero-order valence-electron chi connectivity index (χ0n) is 30.6. The molecule has 0 radical (unpaired) electrons. The molecule has 5 heterocycles. The normalized spacial score (nSPS) is 13.7. The number of benzene rings is 5. The summed E-state index contributed by atoms with van der Waals surface area (Å²) in [6, 6.07) is 46.3. The molecule has 0 unspecified atom stereocenters. The predicted molar refractivity (Wildman–Crippen MR) is 217 cm³/mol. The molecule has 5 nitrogen and oxygen atoms in total. The maximum atomic E-state index is 7.02. The van der Waals surface area contributed by atoms with Gasteiger partial charge in [-0.25, -0.2) is 0 Å². The number of para-hydroxylation sites is 2. The first kappa shape index (κ1) is 30.9. The van der Waals surface area contributed by atoms with Crippen LogP contribution in [-0.2, 0) is 10.8 Å². The standard InChI is InChI=1S/C46H41BN4O/c1-45(2,3)32-24-42-48(28-32)47-44-40(51(42)34-22-20-31(21-23-34)30-14-8-7-9-15-30)26-35(27-41(44)52-43-25-33(29-49(43)47)46(4,5)6)50-38-18-12-10-16-36(38)37-17-11-13-19-39(37)50/h7-29H,1-6H3. The van der Waals surface area contributed by atoms with Crippen molar-refractivity contribution in [3.05, 3.63) is 151 Å². The summed E-state index contributed by atoms with van der Waals surface area (Å²) in [5, 5.41) is 2.48. The summed E-state index contributed by atoms with van der Waals surface area (Å²) in [6.45, 7) is 13.6. The van der Waals surface area contributed by atoms with E-state index in [1.165, 1.54) is 44.1 Å². The maximum absolute atomic E-state index is 7.02. The first-order valence-electron chi connectivity index (χ1n) is 18.3. The van der Waals surface area contributed by atoms with Crippen molar-refractivity contribution >= 4 is 51.4 Å². The quantitative estimate of drug-likeness (QED) is 0.174. The maximum Gasteiger partial charge on any atom is 0.429 e. The van der Waals surface area contributed by atoms with Crippen LogP contribution >= 0.6 is 0 Å². The predicted octanol–water partition coefficient (Wildman–Crippen LogP) is 11.3. The van der Waals surface area contributed by atoms with Gasteiger partial charge in [-0.1, -0.05) is 120 Å². The van der Waals surface area contributed by atoms with Crippen LogP contribution in [0.2, 0.25) is 0 Å². The highest BCUT2D eigenvalue weighted by molar-refractivity contribution is 6.74. The topological polar surface area (TPSA) is 27.3 Å². The zero-order chi connectivity index (χ0) is 35.5. The molecule has 254 valence electrons. The number of nitrogens with zero attached hydrogens (tertiary/aromatic N) is 4. The molecule has 3 aromatic heterocycles. The second kappa shape index (κ2) is 10.8. The fourth-order valence-electron chi connectivity index (χ4n) is 8.20. The van der Waals surface area contributed by atoms with E-state index in [-0.39, 0.29) is 17.8 Å². The Kier molecular flexibility index (Phi) is 6.43. The SMILES string of the molecule is CC(C)(C)c1cc2n(c1)B1c3c(cc(-n4c5ccccc5c5ccccc54)cc3N(c3ccc(-c4ccccc4)cc3)c3cc(C(C)(C)C)cn31)O2. The van der Waals surface area contributed by atoms with E-state index in [1.807, 2.05) is 0 Å². The zero-order valence-corrected chi connectivity index (χ0v) is 30.6. The van der Waals surface area contributed by atoms with Gasteiger partial charge in [-0.3, -0.25) is 4.90 Å². The highest BCUT2D eigenvalue weighted by atomic mass is 16.5. The number of hydrogen-bond acceptors (Lipinski definition) is 2. The van der Waals surface area contributed by atoms with Gasteiger partial charge in [-0.2, -0.15) is 0 Å². The van der Waals surface area contributed by atoms with Crippen LogP contribution in [-0.4, -0.2) is 20.5 Å². The summed E-state index contributed by atoms with van der Waals surface area (Å²) in [5.41, 5.74) is 11.7. The van der Waals surface area contributed by atoms with E-state index in [2.05, 4.69) is 200 Å². The Balaban J connectivity index is 1.27. The fourth-order valence-corrected chi connectivity index (χ4v) is 8.20. The van der Waals surface area contributed by atoms with Crippen LogP contribution in [0.4, 0.5) is 17.2 Å². The minimum atomic E-state index is -0.108. The second-order valence-electron chi connectivity index (χ2n) is 16.4. The molecule has 10 rings (SSSR count). The summed E-state index contributed by atoms with van der Waals surface area (Å²) in [5.74, 6) is 2.89. The first-order valence-corrected chi connectivity index (χ1v) is 18.3. The summed E-state index contributed by atoms with van der Waals surface area (Å²) < 4.78 is 14.2. The van der Waals surface area contributed by atoms with Crippen molar-refractivity contribution in [1.82, 2.24) is 13.5 Å². The molecular weight excluding hydrogens is 635 g/mol. The number of anilines is 3. The van der Waals surface area contributed by atoms with Crippen molar-refractivity contribution in [2.24, 2.45) is 0 Å². The molecule has 0 saturated heterocycles. The Morgan fingerprint density at radius 2 is 1.12 bits per heavy atom. The van der Waals surface area contributed by atoms with E-state index in [0.29, 0.717) is 0 Å². The third-order valence-corrected chi connectivity index (χ3v) is 11.0. The van der Waals surface area contributed by atoms with E-state index in [1.54, 1.807) is 0 Å². The number of aromatic nitrogens is 3. The van der Waals surface area contributed by atoms with E-state index in [4.69, 9.17) is 4.74 Å².